The van der Waals surface area contributed by atoms with E-state index in [2.05, 4.69) is 15.0 Å². The van der Waals surface area contributed by atoms with Gasteiger partial charge < -0.3 is 14.2 Å². The van der Waals surface area contributed by atoms with Gasteiger partial charge in [-0.3, -0.25) is 14.6 Å². The van der Waals surface area contributed by atoms with Gasteiger partial charge in [-0.05, 0) is 18.2 Å². The summed E-state index contributed by atoms with van der Waals surface area (Å²) in [5.74, 6) is -0.242. The molecule has 1 aliphatic rings. The molecule has 8 heteroatoms. The molecule has 8 nitrogen and oxygen atoms in total. The van der Waals surface area contributed by atoms with Gasteiger partial charge in [0.2, 0.25) is 0 Å². The SMILES string of the molecule is O=C(c1ccc2ncoc2c1)N1CCN(C(=O)c2cnccn2)CC1. The lowest BCUT2D eigenvalue weighted by Gasteiger charge is -2.34. The van der Waals surface area contributed by atoms with E-state index in [1.165, 1.54) is 25.0 Å². The van der Waals surface area contributed by atoms with Crippen molar-refractivity contribution in [3.8, 4) is 0 Å². The predicted molar refractivity (Wildman–Crippen MR) is 87.8 cm³/mol. The average molecular weight is 337 g/mol. The lowest BCUT2D eigenvalue weighted by Crippen LogP contribution is -2.50. The third kappa shape index (κ3) is 2.93. The molecule has 1 saturated heterocycles. The molecular weight excluding hydrogens is 322 g/mol. The zero-order valence-electron chi connectivity index (χ0n) is 13.3. The van der Waals surface area contributed by atoms with Crippen molar-refractivity contribution >= 4 is 22.9 Å². The number of carbonyl (C=O) groups is 2. The summed E-state index contributed by atoms with van der Waals surface area (Å²) < 4.78 is 5.25. The summed E-state index contributed by atoms with van der Waals surface area (Å²) in [4.78, 5) is 40.4. The highest BCUT2D eigenvalue weighted by molar-refractivity contribution is 5.97. The molecule has 126 valence electrons. The monoisotopic (exact) mass is 337 g/mol. The normalized spacial score (nSPS) is 14.7. The van der Waals surface area contributed by atoms with Gasteiger partial charge in [-0.2, -0.15) is 0 Å². The van der Waals surface area contributed by atoms with E-state index in [1.54, 1.807) is 28.0 Å². The van der Waals surface area contributed by atoms with Crippen LogP contribution in [0.4, 0.5) is 0 Å². The first-order valence-electron chi connectivity index (χ1n) is 7.90. The molecule has 4 rings (SSSR count). The van der Waals surface area contributed by atoms with Crippen molar-refractivity contribution in [1.29, 1.82) is 0 Å². The van der Waals surface area contributed by atoms with Crippen LogP contribution in [0.5, 0.6) is 0 Å². The summed E-state index contributed by atoms with van der Waals surface area (Å²) >= 11 is 0. The number of benzene rings is 1. The molecule has 3 heterocycles. The van der Waals surface area contributed by atoms with E-state index in [9.17, 15) is 9.59 Å². The molecule has 0 unspecified atom stereocenters. The third-order valence-electron chi connectivity index (χ3n) is 4.21. The van der Waals surface area contributed by atoms with Crippen LogP contribution in [0, 0.1) is 0 Å². The first-order valence-corrected chi connectivity index (χ1v) is 7.90. The van der Waals surface area contributed by atoms with E-state index in [0.29, 0.717) is 43.0 Å². The Morgan fingerprint density at radius 3 is 2.44 bits per heavy atom. The van der Waals surface area contributed by atoms with Crippen molar-refractivity contribution in [3.63, 3.8) is 0 Å². The number of piperazine rings is 1. The van der Waals surface area contributed by atoms with E-state index >= 15 is 0 Å². The zero-order valence-corrected chi connectivity index (χ0v) is 13.3. The van der Waals surface area contributed by atoms with Gasteiger partial charge in [0.05, 0.1) is 6.20 Å². The van der Waals surface area contributed by atoms with Crippen molar-refractivity contribution in [2.24, 2.45) is 0 Å². The smallest absolute Gasteiger partial charge is 0.274 e. The highest BCUT2D eigenvalue weighted by atomic mass is 16.3. The van der Waals surface area contributed by atoms with Crippen LogP contribution in [-0.2, 0) is 0 Å². The molecule has 1 aliphatic heterocycles. The molecular formula is C17H15N5O3. The van der Waals surface area contributed by atoms with E-state index in [4.69, 9.17) is 4.42 Å². The van der Waals surface area contributed by atoms with Crippen molar-refractivity contribution < 1.29 is 14.0 Å². The van der Waals surface area contributed by atoms with Crippen molar-refractivity contribution in [3.05, 3.63) is 54.4 Å². The number of hydrogen-bond acceptors (Lipinski definition) is 6. The van der Waals surface area contributed by atoms with Crippen LogP contribution in [0.1, 0.15) is 20.8 Å². The Kier molecular flexibility index (Phi) is 3.85. The molecule has 1 fully saturated rings. The Hall–Kier alpha value is -3.29. The van der Waals surface area contributed by atoms with Gasteiger partial charge in [-0.1, -0.05) is 0 Å². The molecule has 25 heavy (non-hydrogen) atoms. The average Bonchev–Trinajstić information content (AvgIpc) is 3.15. The lowest BCUT2D eigenvalue weighted by molar-refractivity contribution is 0.0532. The highest BCUT2D eigenvalue weighted by Crippen LogP contribution is 2.17. The van der Waals surface area contributed by atoms with Crippen LogP contribution in [0.15, 0.2) is 47.6 Å². The Morgan fingerprint density at radius 1 is 0.960 bits per heavy atom. The van der Waals surface area contributed by atoms with Crippen LogP contribution in [0.2, 0.25) is 0 Å². The summed E-state index contributed by atoms with van der Waals surface area (Å²) in [6.07, 6.45) is 5.83. The van der Waals surface area contributed by atoms with Crippen LogP contribution >= 0.6 is 0 Å². The van der Waals surface area contributed by atoms with E-state index in [0.717, 1.165) is 5.52 Å². The Balaban J connectivity index is 1.42. The number of fused-ring (bicyclic) bond motifs is 1. The standard InChI is InChI=1S/C17H15N5O3/c23-16(12-1-2-13-15(9-12)25-11-20-13)21-5-7-22(8-6-21)17(24)14-10-18-3-4-19-14/h1-4,9-11H,5-8H2. The van der Waals surface area contributed by atoms with Gasteiger partial charge in [-0.25, -0.2) is 9.97 Å². The number of hydrogen-bond donors (Lipinski definition) is 0. The highest BCUT2D eigenvalue weighted by Gasteiger charge is 2.26. The van der Waals surface area contributed by atoms with Gasteiger partial charge in [-0.15, -0.1) is 0 Å². The number of aromatic nitrogens is 3. The van der Waals surface area contributed by atoms with Crippen LogP contribution in [-0.4, -0.2) is 62.7 Å². The summed E-state index contributed by atoms with van der Waals surface area (Å²) in [7, 11) is 0. The molecule has 3 aromatic rings. The van der Waals surface area contributed by atoms with E-state index < -0.39 is 0 Å². The van der Waals surface area contributed by atoms with E-state index in [1.807, 2.05) is 0 Å². The maximum Gasteiger partial charge on any atom is 0.274 e. The quantitative estimate of drug-likeness (QED) is 0.698. The van der Waals surface area contributed by atoms with Crippen LogP contribution in [0.25, 0.3) is 11.1 Å². The second-order valence-electron chi connectivity index (χ2n) is 5.71. The van der Waals surface area contributed by atoms with Gasteiger partial charge in [0.15, 0.2) is 12.0 Å². The topological polar surface area (TPSA) is 92.4 Å². The first-order chi connectivity index (χ1) is 12.2. The first kappa shape index (κ1) is 15.3. The zero-order chi connectivity index (χ0) is 17.2. The number of carbonyl (C=O) groups excluding carboxylic acids is 2. The predicted octanol–water partition coefficient (Wildman–Crippen LogP) is 1.22. The van der Waals surface area contributed by atoms with Gasteiger partial charge >= 0.3 is 0 Å². The van der Waals surface area contributed by atoms with Crippen molar-refractivity contribution in [1.82, 2.24) is 24.8 Å². The van der Waals surface area contributed by atoms with E-state index in [-0.39, 0.29) is 11.8 Å². The molecule has 0 N–H and O–H groups in total. The van der Waals surface area contributed by atoms with Gasteiger partial charge in [0, 0.05) is 44.1 Å². The maximum absolute atomic E-state index is 12.6. The third-order valence-corrected chi connectivity index (χ3v) is 4.21. The summed E-state index contributed by atoms with van der Waals surface area (Å²) in [5.41, 5.74) is 2.18. The summed E-state index contributed by atoms with van der Waals surface area (Å²) in [5, 5.41) is 0. The molecule has 0 bridgehead atoms. The number of amides is 2. The fourth-order valence-electron chi connectivity index (χ4n) is 2.85. The molecule has 2 aromatic heterocycles. The molecule has 0 atom stereocenters. The summed E-state index contributed by atoms with van der Waals surface area (Å²) in [6.45, 7) is 1.87. The number of nitrogens with zero attached hydrogens (tertiary/aromatic N) is 5. The van der Waals surface area contributed by atoms with Gasteiger partial charge in [0.25, 0.3) is 11.8 Å². The second-order valence-corrected chi connectivity index (χ2v) is 5.71. The number of rotatable bonds is 2. The van der Waals surface area contributed by atoms with Gasteiger partial charge in [0.1, 0.15) is 11.2 Å². The minimum absolute atomic E-state index is 0.0788. The second kappa shape index (κ2) is 6.31. The minimum atomic E-state index is -0.164. The van der Waals surface area contributed by atoms with Crippen LogP contribution in [0.3, 0.4) is 0 Å². The molecule has 1 aromatic carbocycles. The maximum atomic E-state index is 12.6. The molecule has 0 aliphatic carbocycles. The van der Waals surface area contributed by atoms with Crippen molar-refractivity contribution in [2.45, 2.75) is 0 Å². The molecule has 0 spiro atoms. The fourth-order valence-corrected chi connectivity index (χ4v) is 2.85. The van der Waals surface area contributed by atoms with Crippen molar-refractivity contribution in [2.75, 3.05) is 26.2 Å². The molecule has 0 saturated carbocycles. The lowest BCUT2D eigenvalue weighted by atomic mass is 10.1. The Bertz CT molecular complexity index is 916. The number of oxazole rings is 1. The molecule has 0 radical (unpaired) electrons. The molecule has 2 amide bonds. The Morgan fingerprint density at radius 2 is 1.72 bits per heavy atom. The minimum Gasteiger partial charge on any atom is -0.443 e. The summed E-state index contributed by atoms with van der Waals surface area (Å²) in [6, 6.07) is 5.20. The fraction of sp³-hybridized carbons (Fsp3) is 0.235. The van der Waals surface area contributed by atoms with Crippen LogP contribution < -0.4 is 0 Å². The Labute approximate surface area is 143 Å². The largest absolute Gasteiger partial charge is 0.443 e.